The molecule has 0 unspecified atom stereocenters. The molecule has 1 aromatic carbocycles. The fraction of sp³-hybridized carbons (Fsp3) is 0.500. The van der Waals surface area contributed by atoms with Gasteiger partial charge in [0.15, 0.2) is 0 Å². The van der Waals surface area contributed by atoms with Gasteiger partial charge in [0.1, 0.15) is 0 Å². The number of amides is 1. The Hall–Kier alpha value is -1.36. The number of nitrogens with one attached hydrogen (secondary N) is 1. The zero-order valence-corrected chi connectivity index (χ0v) is 13.5. The monoisotopic (exact) mass is 353 g/mol. The first-order chi connectivity index (χ1) is 10.0. The first-order valence-corrected chi connectivity index (χ1v) is 8.10. The van der Waals surface area contributed by atoms with E-state index in [0.717, 1.165) is 29.3 Å². The number of carboxylic acids is 1. The molecule has 0 heterocycles. The van der Waals surface area contributed by atoms with E-state index in [-0.39, 0.29) is 17.9 Å². The molecule has 0 bridgehead atoms. The number of carbonyl (C=O) groups excluding carboxylic acids is 1. The van der Waals surface area contributed by atoms with Crippen LogP contribution >= 0.6 is 15.9 Å². The van der Waals surface area contributed by atoms with Gasteiger partial charge in [-0.05, 0) is 49.8 Å². The topological polar surface area (TPSA) is 66.4 Å². The number of hydrogen-bond acceptors (Lipinski definition) is 2. The molecule has 0 aromatic heterocycles. The van der Waals surface area contributed by atoms with Crippen LogP contribution in [0.25, 0.3) is 0 Å². The van der Waals surface area contributed by atoms with Crippen molar-refractivity contribution in [2.45, 2.75) is 50.5 Å². The fourth-order valence-corrected chi connectivity index (χ4v) is 3.09. The number of rotatable bonds is 7. The number of benzene rings is 1. The van der Waals surface area contributed by atoms with E-state index in [1.807, 2.05) is 12.1 Å². The number of carboxylic acid groups (broad SMARTS) is 1. The van der Waals surface area contributed by atoms with Gasteiger partial charge in [0.05, 0.1) is 5.54 Å². The van der Waals surface area contributed by atoms with Crippen molar-refractivity contribution in [3.63, 3.8) is 0 Å². The predicted molar refractivity (Wildman–Crippen MR) is 83.9 cm³/mol. The summed E-state index contributed by atoms with van der Waals surface area (Å²) in [5.74, 6) is -0.792. The number of halogens is 1. The molecule has 0 radical (unpaired) electrons. The van der Waals surface area contributed by atoms with E-state index in [2.05, 4.69) is 33.4 Å². The number of carbonyl (C=O) groups is 2. The highest BCUT2D eigenvalue weighted by molar-refractivity contribution is 9.10. The van der Waals surface area contributed by atoms with Crippen LogP contribution < -0.4 is 5.32 Å². The summed E-state index contributed by atoms with van der Waals surface area (Å²) >= 11 is 3.47. The molecule has 0 atom stereocenters. The first kappa shape index (κ1) is 16.0. The Bertz CT molecular complexity index is 526. The second-order valence-electron chi connectivity index (χ2n) is 5.60. The average Bonchev–Trinajstić information content (AvgIpc) is 2.39. The molecule has 2 rings (SSSR count). The van der Waals surface area contributed by atoms with Gasteiger partial charge >= 0.3 is 5.97 Å². The summed E-state index contributed by atoms with van der Waals surface area (Å²) in [6, 6.07) is 8.07. The van der Waals surface area contributed by atoms with Crippen LogP contribution in [-0.4, -0.2) is 17.0 Å². The third kappa shape index (κ3) is 4.30. The Labute approximate surface area is 133 Å². The van der Waals surface area contributed by atoms with Crippen molar-refractivity contribution < 1.29 is 14.7 Å². The summed E-state index contributed by atoms with van der Waals surface area (Å²) in [4.78, 5) is 22.5. The maximum Gasteiger partial charge on any atom is 0.303 e. The van der Waals surface area contributed by atoms with Crippen LogP contribution in [0.2, 0.25) is 0 Å². The lowest BCUT2D eigenvalue weighted by Crippen LogP contribution is -2.50. The van der Waals surface area contributed by atoms with Crippen molar-refractivity contribution in [1.82, 2.24) is 5.32 Å². The van der Waals surface area contributed by atoms with E-state index in [1.54, 1.807) is 0 Å². The van der Waals surface area contributed by atoms with Crippen molar-refractivity contribution >= 4 is 27.8 Å². The minimum absolute atomic E-state index is 0.0139. The van der Waals surface area contributed by atoms with Crippen LogP contribution in [0.5, 0.6) is 0 Å². The van der Waals surface area contributed by atoms with E-state index < -0.39 is 5.97 Å². The lowest BCUT2D eigenvalue weighted by atomic mass is 9.71. The third-order valence-electron chi connectivity index (χ3n) is 4.01. The van der Waals surface area contributed by atoms with Gasteiger partial charge in [-0.1, -0.05) is 28.1 Å². The second-order valence-corrected chi connectivity index (χ2v) is 6.51. The van der Waals surface area contributed by atoms with Gasteiger partial charge < -0.3 is 10.4 Å². The highest BCUT2D eigenvalue weighted by Gasteiger charge is 2.39. The molecular formula is C16H20BrNO3. The van der Waals surface area contributed by atoms with Gasteiger partial charge in [-0.3, -0.25) is 9.59 Å². The van der Waals surface area contributed by atoms with E-state index in [1.165, 1.54) is 0 Å². The lowest BCUT2D eigenvalue weighted by molar-refractivity contribution is -0.137. The molecule has 1 fully saturated rings. The van der Waals surface area contributed by atoms with Crippen molar-refractivity contribution in [2.75, 3.05) is 0 Å². The molecule has 1 amide bonds. The molecule has 1 aromatic rings. The molecular weight excluding hydrogens is 334 g/mol. The second kappa shape index (κ2) is 7.07. The van der Waals surface area contributed by atoms with Gasteiger partial charge in [-0.2, -0.15) is 0 Å². The van der Waals surface area contributed by atoms with Gasteiger partial charge in [-0.25, -0.2) is 0 Å². The Kier molecular flexibility index (Phi) is 5.39. The molecule has 4 nitrogen and oxygen atoms in total. The van der Waals surface area contributed by atoms with E-state index in [9.17, 15) is 9.59 Å². The standard InChI is InChI=1S/C16H20BrNO3/c17-13-6-3-5-12(11-13)16(9-4-10-16)18-14(19)7-1-2-8-15(20)21/h3,5-6,11H,1-2,4,7-10H2,(H,18,19)(H,20,21). The maximum absolute atomic E-state index is 12.1. The Balaban J connectivity index is 1.90. The zero-order chi connectivity index (χ0) is 15.3. The van der Waals surface area contributed by atoms with Crippen LogP contribution in [0.4, 0.5) is 0 Å². The molecule has 5 heteroatoms. The van der Waals surface area contributed by atoms with E-state index in [0.29, 0.717) is 19.3 Å². The van der Waals surface area contributed by atoms with Gasteiger partial charge in [0, 0.05) is 17.3 Å². The normalized spacial score (nSPS) is 16.0. The van der Waals surface area contributed by atoms with Gasteiger partial charge in [-0.15, -0.1) is 0 Å². The smallest absolute Gasteiger partial charge is 0.303 e. The summed E-state index contributed by atoms with van der Waals surface area (Å²) in [5, 5.41) is 11.7. The Morgan fingerprint density at radius 1 is 1.24 bits per heavy atom. The third-order valence-corrected chi connectivity index (χ3v) is 4.50. The largest absolute Gasteiger partial charge is 0.481 e. The van der Waals surface area contributed by atoms with Crippen molar-refractivity contribution in [3.05, 3.63) is 34.3 Å². The lowest BCUT2D eigenvalue weighted by Gasteiger charge is -2.43. The minimum atomic E-state index is -0.806. The van der Waals surface area contributed by atoms with E-state index >= 15 is 0 Å². The molecule has 1 aliphatic rings. The molecule has 0 spiro atoms. The Morgan fingerprint density at radius 3 is 2.52 bits per heavy atom. The van der Waals surface area contributed by atoms with E-state index in [4.69, 9.17) is 5.11 Å². The summed E-state index contributed by atoms with van der Waals surface area (Å²) in [6.45, 7) is 0. The molecule has 2 N–H and O–H groups in total. The average molecular weight is 354 g/mol. The van der Waals surface area contributed by atoms with Crippen LogP contribution in [0, 0.1) is 0 Å². The van der Waals surface area contributed by atoms with Gasteiger partial charge in [0.2, 0.25) is 5.91 Å². The summed E-state index contributed by atoms with van der Waals surface area (Å²) in [7, 11) is 0. The molecule has 1 aliphatic carbocycles. The van der Waals surface area contributed by atoms with Crippen molar-refractivity contribution in [1.29, 1.82) is 0 Å². The Morgan fingerprint density at radius 2 is 1.95 bits per heavy atom. The first-order valence-electron chi connectivity index (χ1n) is 7.31. The van der Waals surface area contributed by atoms with Crippen LogP contribution in [-0.2, 0) is 15.1 Å². The molecule has 21 heavy (non-hydrogen) atoms. The summed E-state index contributed by atoms with van der Waals surface area (Å²) in [6.07, 6.45) is 4.73. The van der Waals surface area contributed by atoms with Crippen LogP contribution in [0.3, 0.4) is 0 Å². The molecule has 0 saturated heterocycles. The SMILES string of the molecule is O=C(O)CCCCC(=O)NC1(c2cccc(Br)c2)CCC1. The van der Waals surface area contributed by atoms with Crippen molar-refractivity contribution in [2.24, 2.45) is 0 Å². The highest BCUT2D eigenvalue weighted by Crippen LogP contribution is 2.42. The highest BCUT2D eigenvalue weighted by atomic mass is 79.9. The summed E-state index contributed by atoms with van der Waals surface area (Å²) < 4.78 is 1.02. The van der Waals surface area contributed by atoms with Gasteiger partial charge in [0.25, 0.3) is 0 Å². The fourth-order valence-electron chi connectivity index (χ4n) is 2.69. The molecule has 114 valence electrons. The number of hydrogen-bond donors (Lipinski definition) is 2. The van der Waals surface area contributed by atoms with Crippen LogP contribution in [0.1, 0.15) is 50.5 Å². The molecule has 0 aliphatic heterocycles. The van der Waals surface area contributed by atoms with Crippen LogP contribution in [0.15, 0.2) is 28.7 Å². The predicted octanol–water partition coefficient (Wildman–Crippen LogP) is 3.59. The van der Waals surface area contributed by atoms with Crippen molar-refractivity contribution in [3.8, 4) is 0 Å². The minimum Gasteiger partial charge on any atom is -0.481 e. The zero-order valence-electron chi connectivity index (χ0n) is 11.9. The maximum atomic E-state index is 12.1. The number of aliphatic carboxylic acids is 1. The quantitative estimate of drug-likeness (QED) is 0.736. The molecule has 1 saturated carbocycles. The number of unbranched alkanes of at least 4 members (excludes halogenated alkanes) is 1. The summed E-state index contributed by atoms with van der Waals surface area (Å²) in [5.41, 5.74) is 0.912.